The van der Waals surface area contributed by atoms with Gasteiger partial charge in [0.25, 0.3) is 0 Å². The largest absolute Gasteiger partial charge is 0.492 e. The van der Waals surface area contributed by atoms with Gasteiger partial charge >= 0.3 is 5.97 Å². The second-order valence-corrected chi connectivity index (χ2v) is 7.00. The zero-order valence-electron chi connectivity index (χ0n) is 14.4. The molecule has 5 nitrogen and oxygen atoms in total. The fraction of sp³-hybridized carbons (Fsp3) is 0.611. The lowest BCUT2D eigenvalue weighted by Crippen LogP contribution is -2.40. The number of halogens is 1. The summed E-state index contributed by atoms with van der Waals surface area (Å²) in [6.45, 7) is 5.27. The molecular formula is C18H26BrNO4. The Labute approximate surface area is 152 Å². The molecule has 1 aromatic rings. The molecule has 1 aliphatic heterocycles. The van der Waals surface area contributed by atoms with Gasteiger partial charge in [-0.15, -0.1) is 0 Å². The van der Waals surface area contributed by atoms with E-state index in [1.165, 1.54) is 0 Å². The summed E-state index contributed by atoms with van der Waals surface area (Å²) < 4.78 is 17.4. The van der Waals surface area contributed by atoms with E-state index in [1.807, 2.05) is 31.2 Å². The Morgan fingerprint density at radius 3 is 2.79 bits per heavy atom. The minimum atomic E-state index is -0.166. The van der Waals surface area contributed by atoms with Crippen LogP contribution in [0.4, 0.5) is 0 Å². The second-order valence-electron chi connectivity index (χ2n) is 6.09. The van der Waals surface area contributed by atoms with Crippen molar-refractivity contribution in [1.82, 2.24) is 4.90 Å². The average molecular weight is 400 g/mol. The number of rotatable bonds is 8. The zero-order chi connectivity index (χ0) is 17.4. The summed E-state index contributed by atoms with van der Waals surface area (Å²) in [6, 6.07) is 7.86. The highest BCUT2D eigenvalue weighted by Crippen LogP contribution is 2.18. The molecule has 1 aliphatic rings. The van der Waals surface area contributed by atoms with Crippen LogP contribution in [0.1, 0.15) is 26.2 Å². The molecule has 1 heterocycles. The van der Waals surface area contributed by atoms with Crippen molar-refractivity contribution in [2.45, 2.75) is 38.4 Å². The van der Waals surface area contributed by atoms with E-state index in [4.69, 9.17) is 14.2 Å². The van der Waals surface area contributed by atoms with Crippen molar-refractivity contribution in [2.24, 2.45) is 0 Å². The fourth-order valence-corrected chi connectivity index (χ4v) is 3.03. The molecule has 0 amide bonds. The summed E-state index contributed by atoms with van der Waals surface area (Å²) >= 11 is 3.44. The summed E-state index contributed by atoms with van der Waals surface area (Å²) in [5.41, 5.74) is 0. The van der Waals surface area contributed by atoms with E-state index in [9.17, 15) is 4.79 Å². The molecule has 0 saturated carbocycles. The van der Waals surface area contributed by atoms with E-state index in [0.29, 0.717) is 13.0 Å². The van der Waals surface area contributed by atoms with Gasteiger partial charge in [0.15, 0.2) is 0 Å². The minimum Gasteiger partial charge on any atom is -0.492 e. The molecule has 0 aromatic heterocycles. The second kappa shape index (κ2) is 10.0. The normalized spacial score (nSPS) is 17.5. The van der Waals surface area contributed by atoms with E-state index in [2.05, 4.69) is 20.8 Å². The molecule has 0 N–H and O–H groups in total. The monoisotopic (exact) mass is 399 g/mol. The number of esters is 1. The summed E-state index contributed by atoms with van der Waals surface area (Å²) in [4.78, 5) is 14.1. The minimum absolute atomic E-state index is 0.0313. The Balaban J connectivity index is 1.61. The maximum Gasteiger partial charge on any atom is 0.308 e. The molecule has 0 aliphatic carbocycles. The van der Waals surface area contributed by atoms with Crippen LogP contribution in [0.3, 0.4) is 0 Å². The van der Waals surface area contributed by atoms with Crippen molar-refractivity contribution in [3.63, 3.8) is 0 Å². The quantitative estimate of drug-likeness (QED) is 0.627. The van der Waals surface area contributed by atoms with Gasteiger partial charge in [-0.1, -0.05) is 22.0 Å². The van der Waals surface area contributed by atoms with Gasteiger partial charge in [-0.3, -0.25) is 9.69 Å². The molecule has 2 rings (SSSR count). The van der Waals surface area contributed by atoms with Crippen molar-refractivity contribution in [3.05, 3.63) is 28.7 Å². The molecule has 0 radical (unpaired) electrons. The van der Waals surface area contributed by atoms with Crippen LogP contribution in [0.15, 0.2) is 28.7 Å². The number of nitrogens with zero attached hydrogens (tertiary/aromatic N) is 1. The number of hydrogen-bond acceptors (Lipinski definition) is 5. The molecule has 1 saturated heterocycles. The van der Waals surface area contributed by atoms with Crippen LogP contribution in [0.2, 0.25) is 0 Å². The van der Waals surface area contributed by atoms with E-state index < -0.39 is 0 Å². The molecule has 1 atom stereocenters. The number of methoxy groups -OCH3 is 1. The van der Waals surface area contributed by atoms with Crippen molar-refractivity contribution in [2.75, 3.05) is 33.4 Å². The molecule has 0 bridgehead atoms. The number of ether oxygens (including phenoxy) is 3. The molecule has 0 unspecified atom stereocenters. The van der Waals surface area contributed by atoms with Crippen molar-refractivity contribution in [3.8, 4) is 5.75 Å². The molecule has 6 heteroatoms. The van der Waals surface area contributed by atoms with Gasteiger partial charge in [-0.05, 0) is 38.0 Å². The maximum atomic E-state index is 11.8. The van der Waals surface area contributed by atoms with E-state index in [-0.39, 0.29) is 18.2 Å². The summed E-state index contributed by atoms with van der Waals surface area (Å²) in [5.74, 6) is 0.709. The van der Waals surface area contributed by atoms with Crippen molar-refractivity contribution < 1.29 is 19.0 Å². The van der Waals surface area contributed by atoms with Gasteiger partial charge in [0.05, 0.1) is 12.5 Å². The summed E-state index contributed by atoms with van der Waals surface area (Å²) in [6.07, 6.45) is 2.02. The highest BCUT2D eigenvalue weighted by atomic mass is 79.9. The van der Waals surface area contributed by atoms with Crippen molar-refractivity contribution in [1.29, 1.82) is 0 Å². The molecule has 1 aromatic carbocycles. The first-order chi connectivity index (χ1) is 11.6. The number of benzene rings is 1. The predicted octanol–water partition coefficient (Wildman–Crippen LogP) is 3.26. The SMILES string of the molecule is CO[C@@H](C)CC(=O)OC1CCN(CCOc2cccc(Br)c2)CC1. The first kappa shape index (κ1) is 19.2. The first-order valence-electron chi connectivity index (χ1n) is 8.40. The lowest BCUT2D eigenvalue weighted by Gasteiger charge is -2.31. The molecule has 134 valence electrons. The van der Waals surface area contributed by atoms with Crippen LogP contribution in [-0.2, 0) is 14.3 Å². The molecular weight excluding hydrogens is 374 g/mol. The number of hydrogen-bond donors (Lipinski definition) is 0. The Hall–Kier alpha value is -1.11. The van der Waals surface area contributed by atoms with Crippen molar-refractivity contribution >= 4 is 21.9 Å². The predicted molar refractivity (Wildman–Crippen MR) is 96.3 cm³/mol. The number of carbonyl (C=O) groups excluding carboxylic acids is 1. The average Bonchev–Trinajstić information content (AvgIpc) is 2.56. The van der Waals surface area contributed by atoms with Gasteiger partial charge in [-0.25, -0.2) is 0 Å². The lowest BCUT2D eigenvalue weighted by molar-refractivity contribution is -0.153. The van der Waals surface area contributed by atoms with E-state index >= 15 is 0 Å². The van der Waals surface area contributed by atoms with Crippen LogP contribution in [0.5, 0.6) is 5.75 Å². The standard InChI is InChI=1S/C18H26BrNO4/c1-14(22-2)12-18(21)24-16-6-8-20(9-7-16)10-11-23-17-5-3-4-15(19)13-17/h3-5,13-14,16H,6-12H2,1-2H3/t14-/m0/s1. The number of carbonyl (C=O) groups is 1. The van der Waals surface area contributed by atoms with Gasteiger partial charge in [-0.2, -0.15) is 0 Å². The van der Waals surface area contributed by atoms with Gasteiger partial charge < -0.3 is 14.2 Å². The van der Waals surface area contributed by atoms with Crippen LogP contribution >= 0.6 is 15.9 Å². The highest BCUT2D eigenvalue weighted by molar-refractivity contribution is 9.10. The third kappa shape index (κ3) is 6.79. The third-order valence-electron chi connectivity index (χ3n) is 4.16. The lowest BCUT2D eigenvalue weighted by atomic mass is 10.1. The van der Waals surface area contributed by atoms with Crippen LogP contribution < -0.4 is 4.74 Å². The summed E-state index contributed by atoms with van der Waals surface area (Å²) in [7, 11) is 1.60. The molecule has 24 heavy (non-hydrogen) atoms. The van der Waals surface area contributed by atoms with Crippen LogP contribution in [0.25, 0.3) is 0 Å². The topological polar surface area (TPSA) is 48.0 Å². The van der Waals surface area contributed by atoms with Crippen LogP contribution in [-0.4, -0.2) is 56.4 Å². The molecule has 0 spiro atoms. The summed E-state index contributed by atoms with van der Waals surface area (Å²) in [5, 5.41) is 0. The number of likely N-dealkylation sites (tertiary alicyclic amines) is 1. The van der Waals surface area contributed by atoms with Crippen LogP contribution in [0, 0.1) is 0 Å². The smallest absolute Gasteiger partial charge is 0.308 e. The highest BCUT2D eigenvalue weighted by Gasteiger charge is 2.22. The Morgan fingerprint density at radius 2 is 2.12 bits per heavy atom. The van der Waals surface area contributed by atoms with Gasteiger partial charge in [0, 0.05) is 31.2 Å². The Morgan fingerprint density at radius 1 is 1.38 bits per heavy atom. The zero-order valence-corrected chi connectivity index (χ0v) is 16.0. The fourth-order valence-electron chi connectivity index (χ4n) is 2.65. The molecule has 1 fully saturated rings. The first-order valence-corrected chi connectivity index (χ1v) is 9.19. The van der Waals surface area contributed by atoms with Gasteiger partial charge in [0.1, 0.15) is 18.5 Å². The number of piperidine rings is 1. The third-order valence-corrected chi connectivity index (χ3v) is 4.65. The van der Waals surface area contributed by atoms with E-state index in [0.717, 1.165) is 42.7 Å². The maximum absolute atomic E-state index is 11.8. The Bertz CT molecular complexity index is 517. The van der Waals surface area contributed by atoms with E-state index in [1.54, 1.807) is 7.11 Å². The van der Waals surface area contributed by atoms with Gasteiger partial charge in [0.2, 0.25) is 0 Å². The Kier molecular flexibility index (Phi) is 8.02.